The number of hydrogen-bond donors (Lipinski definition) is 2. The highest BCUT2D eigenvalue weighted by molar-refractivity contribution is 8.23. The van der Waals surface area contributed by atoms with E-state index in [-0.39, 0.29) is 12.3 Å². The molecule has 2 saturated heterocycles. The normalized spacial score (nSPS) is 36.8. The standard InChI is InChI=1S/C11H20N4S4/c1-6-12-8(3)18-10(16)14(6)5-15-7(2)13-9(4)19-11(15)17/h6-9,12-13H,5H2,1-4H3. The Balaban J connectivity index is 2.03. The van der Waals surface area contributed by atoms with Gasteiger partial charge in [-0.25, -0.2) is 0 Å². The Morgan fingerprint density at radius 3 is 1.58 bits per heavy atom. The van der Waals surface area contributed by atoms with Gasteiger partial charge in [0, 0.05) is 0 Å². The Hall–Kier alpha value is 0.400. The topological polar surface area (TPSA) is 30.5 Å². The molecular weight excluding hydrogens is 316 g/mol. The largest absolute Gasteiger partial charge is 0.324 e. The Bertz CT molecular complexity index is 344. The van der Waals surface area contributed by atoms with Crippen LogP contribution in [0, 0.1) is 0 Å². The lowest BCUT2D eigenvalue weighted by molar-refractivity contribution is 0.164. The minimum Gasteiger partial charge on any atom is -0.324 e. The summed E-state index contributed by atoms with van der Waals surface area (Å²) in [5, 5.41) is 7.73. The van der Waals surface area contributed by atoms with Crippen molar-refractivity contribution in [2.24, 2.45) is 0 Å². The molecule has 0 aliphatic carbocycles. The van der Waals surface area contributed by atoms with E-state index in [1.54, 1.807) is 23.5 Å². The molecular formula is C11H20N4S4. The van der Waals surface area contributed by atoms with E-state index in [0.717, 1.165) is 15.3 Å². The smallest absolute Gasteiger partial charge is 0.140 e. The Kier molecular flexibility index (Phi) is 5.35. The molecule has 0 spiro atoms. The predicted octanol–water partition coefficient (Wildman–Crippen LogP) is 2.17. The van der Waals surface area contributed by atoms with E-state index in [9.17, 15) is 0 Å². The quantitative estimate of drug-likeness (QED) is 0.742. The molecule has 2 rings (SSSR count). The van der Waals surface area contributed by atoms with Gasteiger partial charge in [-0.2, -0.15) is 0 Å². The minimum absolute atomic E-state index is 0.239. The molecule has 4 nitrogen and oxygen atoms in total. The first kappa shape index (κ1) is 15.8. The van der Waals surface area contributed by atoms with Crippen molar-refractivity contribution < 1.29 is 0 Å². The van der Waals surface area contributed by atoms with E-state index >= 15 is 0 Å². The molecule has 0 radical (unpaired) electrons. The highest BCUT2D eigenvalue weighted by atomic mass is 32.2. The summed E-state index contributed by atoms with van der Waals surface area (Å²) in [6.45, 7) is 9.29. The van der Waals surface area contributed by atoms with Crippen LogP contribution in [-0.4, -0.2) is 48.2 Å². The maximum atomic E-state index is 5.50. The zero-order valence-electron chi connectivity index (χ0n) is 11.5. The number of thiocarbonyl (C=S) groups is 2. The maximum absolute atomic E-state index is 5.50. The highest BCUT2D eigenvalue weighted by Gasteiger charge is 2.32. The number of hydrogen-bond acceptors (Lipinski definition) is 6. The van der Waals surface area contributed by atoms with Crippen molar-refractivity contribution in [2.75, 3.05) is 6.67 Å². The van der Waals surface area contributed by atoms with Gasteiger partial charge in [0.2, 0.25) is 0 Å². The van der Waals surface area contributed by atoms with Gasteiger partial charge < -0.3 is 9.80 Å². The zero-order chi connectivity index (χ0) is 14.2. The summed E-state index contributed by atoms with van der Waals surface area (Å²) in [4.78, 5) is 4.39. The molecule has 19 heavy (non-hydrogen) atoms. The third-order valence-electron chi connectivity index (χ3n) is 3.22. The van der Waals surface area contributed by atoms with E-state index in [1.165, 1.54) is 0 Å². The number of nitrogens with one attached hydrogen (secondary N) is 2. The van der Waals surface area contributed by atoms with E-state index in [2.05, 4.69) is 48.1 Å². The molecule has 4 unspecified atom stereocenters. The lowest BCUT2D eigenvalue weighted by atomic mass is 10.4. The van der Waals surface area contributed by atoms with Crippen molar-refractivity contribution in [3.63, 3.8) is 0 Å². The van der Waals surface area contributed by atoms with Crippen LogP contribution < -0.4 is 10.6 Å². The molecule has 2 aliphatic heterocycles. The number of rotatable bonds is 2. The van der Waals surface area contributed by atoms with Gasteiger partial charge in [-0.15, -0.1) is 0 Å². The average molecular weight is 337 g/mol. The molecule has 8 heteroatoms. The van der Waals surface area contributed by atoms with Crippen LogP contribution in [-0.2, 0) is 0 Å². The Morgan fingerprint density at radius 1 is 0.895 bits per heavy atom. The molecule has 2 aliphatic rings. The van der Waals surface area contributed by atoms with Gasteiger partial charge in [-0.3, -0.25) is 10.6 Å². The Morgan fingerprint density at radius 2 is 1.26 bits per heavy atom. The van der Waals surface area contributed by atoms with Crippen molar-refractivity contribution >= 4 is 56.6 Å². The van der Waals surface area contributed by atoms with E-state index in [1.807, 2.05) is 0 Å². The third kappa shape index (κ3) is 3.74. The molecule has 2 fully saturated rings. The van der Waals surface area contributed by atoms with Crippen LogP contribution in [0.5, 0.6) is 0 Å². The molecule has 0 saturated carbocycles. The molecule has 2 N–H and O–H groups in total. The van der Waals surface area contributed by atoms with Gasteiger partial charge in [0.1, 0.15) is 8.64 Å². The highest BCUT2D eigenvalue weighted by Crippen LogP contribution is 2.26. The average Bonchev–Trinajstić information content (AvgIpc) is 2.25. The van der Waals surface area contributed by atoms with Crippen LogP contribution in [0.3, 0.4) is 0 Å². The van der Waals surface area contributed by atoms with Gasteiger partial charge in [0.05, 0.1) is 29.7 Å². The van der Waals surface area contributed by atoms with Crippen LogP contribution in [0.1, 0.15) is 27.7 Å². The fraction of sp³-hybridized carbons (Fsp3) is 0.818. The first-order valence-corrected chi connectivity index (χ1v) is 8.92. The van der Waals surface area contributed by atoms with Gasteiger partial charge in [0.15, 0.2) is 0 Å². The molecule has 2 heterocycles. The predicted molar refractivity (Wildman–Crippen MR) is 93.0 cm³/mol. The van der Waals surface area contributed by atoms with Crippen LogP contribution in [0.25, 0.3) is 0 Å². The van der Waals surface area contributed by atoms with Crippen LogP contribution in [0.2, 0.25) is 0 Å². The molecule has 0 amide bonds. The van der Waals surface area contributed by atoms with Crippen LogP contribution >= 0.6 is 48.0 Å². The van der Waals surface area contributed by atoms with Crippen molar-refractivity contribution in [3.8, 4) is 0 Å². The lowest BCUT2D eigenvalue weighted by Gasteiger charge is -2.46. The monoisotopic (exact) mass is 336 g/mol. The van der Waals surface area contributed by atoms with Gasteiger partial charge in [-0.05, 0) is 27.7 Å². The fourth-order valence-electron chi connectivity index (χ4n) is 2.21. The van der Waals surface area contributed by atoms with Gasteiger partial charge in [0.25, 0.3) is 0 Å². The third-order valence-corrected chi connectivity index (χ3v) is 6.11. The molecule has 0 aromatic carbocycles. The van der Waals surface area contributed by atoms with Crippen LogP contribution in [0.15, 0.2) is 0 Å². The fourth-order valence-corrected chi connectivity index (χ4v) is 5.34. The van der Waals surface area contributed by atoms with E-state index in [4.69, 9.17) is 24.4 Å². The second kappa shape index (κ2) is 6.44. The van der Waals surface area contributed by atoms with Gasteiger partial charge in [-0.1, -0.05) is 48.0 Å². The summed E-state index contributed by atoms with van der Waals surface area (Å²) in [5.41, 5.74) is 0. The number of nitrogens with zero attached hydrogens (tertiary/aromatic N) is 2. The molecule has 0 aromatic rings. The summed E-state index contributed by atoms with van der Waals surface area (Å²) in [5.74, 6) is 0. The minimum atomic E-state index is 0.239. The van der Waals surface area contributed by atoms with E-state index in [0.29, 0.717) is 10.7 Å². The molecule has 0 aromatic heterocycles. The SMILES string of the molecule is CC1NC(C)N(CN2C(=S)SC(C)NC2C)C(=S)S1. The second-order valence-corrected chi connectivity index (χ2v) is 8.77. The maximum Gasteiger partial charge on any atom is 0.140 e. The summed E-state index contributed by atoms with van der Waals surface area (Å²) < 4.78 is 1.88. The summed E-state index contributed by atoms with van der Waals surface area (Å²) in [6, 6.07) is 0. The summed E-state index contributed by atoms with van der Waals surface area (Å²) >= 11 is 14.4. The first-order chi connectivity index (χ1) is 8.88. The molecule has 108 valence electrons. The summed E-state index contributed by atoms with van der Waals surface area (Å²) in [7, 11) is 0. The number of thioether (sulfide) groups is 2. The van der Waals surface area contributed by atoms with Crippen molar-refractivity contribution in [1.82, 2.24) is 20.4 Å². The Labute approximate surface area is 134 Å². The van der Waals surface area contributed by atoms with Crippen molar-refractivity contribution in [3.05, 3.63) is 0 Å². The van der Waals surface area contributed by atoms with Crippen molar-refractivity contribution in [1.29, 1.82) is 0 Å². The lowest BCUT2D eigenvalue weighted by Crippen LogP contribution is -2.61. The molecule has 4 atom stereocenters. The summed E-state index contributed by atoms with van der Waals surface area (Å²) in [6.07, 6.45) is 0.478. The zero-order valence-corrected chi connectivity index (χ0v) is 14.8. The first-order valence-electron chi connectivity index (χ1n) is 6.35. The van der Waals surface area contributed by atoms with Gasteiger partial charge >= 0.3 is 0 Å². The van der Waals surface area contributed by atoms with Crippen molar-refractivity contribution in [2.45, 2.75) is 50.8 Å². The van der Waals surface area contributed by atoms with Crippen LogP contribution in [0.4, 0.5) is 0 Å². The van der Waals surface area contributed by atoms with E-state index < -0.39 is 0 Å². The second-order valence-electron chi connectivity index (χ2n) is 4.82. The molecule has 0 bridgehead atoms.